The van der Waals surface area contributed by atoms with Crippen LogP contribution < -0.4 is 10.2 Å². The van der Waals surface area contributed by atoms with E-state index in [0.717, 1.165) is 10.5 Å². The van der Waals surface area contributed by atoms with Gasteiger partial charge in [0, 0.05) is 5.56 Å². The van der Waals surface area contributed by atoms with Gasteiger partial charge in [-0.15, -0.1) is 0 Å². The summed E-state index contributed by atoms with van der Waals surface area (Å²) in [4.78, 5) is 39.5. The van der Waals surface area contributed by atoms with Crippen LogP contribution in [0.25, 0.3) is 0 Å². The van der Waals surface area contributed by atoms with Crippen LogP contribution in [0.4, 0.5) is 11.4 Å². The van der Waals surface area contributed by atoms with Gasteiger partial charge in [-0.3, -0.25) is 14.4 Å². The quantitative estimate of drug-likeness (QED) is 0.720. The molecule has 0 aliphatic carbocycles. The minimum atomic E-state index is -0.443. The van der Waals surface area contributed by atoms with Crippen LogP contribution in [0.2, 0.25) is 0 Å². The van der Waals surface area contributed by atoms with E-state index in [2.05, 4.69) is 5.32 Å². The zero-order valence-corrected chi connectivity index (χ0v) is 14.6. The predicted molar refractivity (Wildman–Crippen MR) is 103 cm³/mol. The Balaban J connectivity index is 1.72. The first-order chi connectivity index (χ1) is 13.1. The molecule has 0 saturated heterocycles. The number of fused-ring (bicyclic) bond motifs is 1. The topological polar surface area (TPSA) is 66.5 Å². The van der Waals surface area contributed by atoms with E-state index in [0.29, 0.717) is 16.9 Å². The van der Waals surface area contributed by atoms with Crippen LogP contribution in [0.5, 0.6) is 0 Å². The second-order valence-corrected chi connectivity index (χ2v) is 6.28. The number of rotatable bonds is 3. The van der Waals surface area contributed by atoms with Gasteiger partial charge in [0.2, 0.25) is 0 Å². The standard InChI is InChI=1S/C22H16N2O3/c1-14-8-5-6-11-16(14)20(25)23-18-13-7-12-17-19(18)22(27)24(21(17)26)15-9-3-2-4-10-15/h2-13H,1H3,(H,23,25). The average Bonchev–Trinajstić information content (AvgIpc) is 2.94. The summed E-state index contributed by atoms with van der Waals surface area (Å²) in [6.07, 6.45) is 0. The van der Waals surface area contributed by atoms with E-state index >= 15 is 0 Å². The lowest BCUT2D eigenvalue weighted by atomic mass is 10.1. The average molecular weight is 356 g/mol. The summed E-state index contributed by atoms with van der Waals surface area (Å²) in [5, 5.41) is 2.78. The van der Waals surface area contributed by atoms with E-state index in [1.54, 1.807) is 54.6 Å². The molecule has 1 aliphatic rings. The van der Waals surface area contributed by atoms with Crippen molar-refractivity contribution in [2.75, 3.05) is 10.2 Å². The van der Waals surface area contributed by atoms with Crippen molar-refractivity contribution in [2.24, 2.45) is 0 Å². The molecule has 1 N–H and O–H groups in total. The van der Waals surface area contributed by atoms with Gasteiger partial charge in [0.05, 0.1) is 22.5 Å². The molecule has 0 spiro atoms. The van der Waals surface area contributed by atoms with Gasteiger partial charge in [0.1, 0.15) is 0 Å². The third-order valence-electron chi connectivity index (χ3n) is 4.57. The van der Waals surface area contributed by atoms with Crippen LogP contribution in [0.1, 0.15) is 36.6 Å². The third kappa shape index (κ3) is 2.79. The molecule has 0 bridgehead atoms. The van der Waals surface area contributed by atoms with Crippen LogP contribution in [-0.2, 0) is 0 Å². The van der Waals surface area contributed by atoms with E-state index in [4.69, 9.17) is 0 Å². The van der Waals surface area contributed by atoms with Crippen molar-refractivity contribution in [3.63, 3.8) is 0 Å². The highest BCUT2D eigenvalue weighted by Crippen LogP contribution is 2.33. The Kier molecular flexibility index (Phi) is 4.05. The summed E-state index contributed by atoms with van der Waals surface area (Å²) in [7, 11) is 0. The maximum Gasteiger partial charge on any atom is 0.268 e. The largest absolute Gasteiger partial charge is 0.321 e. The number of carbonyl (C=O) groups excluding carboxylic acids is 3. The number of nitrogens with zero attached hydrogens (tertiary/aromatic N) is 1. The fraction of sp³-hybridized carbons (Fsp3) is 0.0455. The van der Waals surface area contributed by atoms with E-state index in [9.17, 15) is 14.4 Å². The van der Waals surface area contributed by atoms with Crippen LogP contribution in [0.3, 0.4) is 0 Å². The van der Waals surface area contributed by atoms with Crippen molar-refractivity contribution in [3.05, 3.63) is 95.1 Å². The highest BCUT2D eigenvalue weighted by Gasteiger charge is 2.38. The number of imide groups is 1. The number of para-hydroxylation sites is 1. The van der Waals surface area contributed by atoms with Gasteiger partial charge in [-0.2, -0.15) is 0 Å². The second kappa shape index (κ2) is 6.53. The summed E-state index contributed by atoms with van der Waals surface area (Å²) in [6, 6.07) is 20.8. The molecule has 132 valence electrons. The van der Waals surface area contributed by atoms with Gasteiger partial charge in [-0.05, 0) is 42.8 Å². The maximum atomic E-state index is 13.0. The molecule has 0 radical (unpaired) electrons. The van der Waals surface area contributed by atoms with Crippen LogP contribution in [0.15, 0.2) is 72.8 Å². The molecular formula is C22H16N2O3. The van der Waals surface area contributed by atoms with E-state index in [1.165, 1.54) is 0 Å². The first-order valence-corrected chi connectivity index (χ1v) is 8.52. The van der Waals surface area contributed by atoms with E-state index in [1.807, 2.05) is 25.1 Å². The lowest BCUT2D eigenvalue weighted by molar-refractivity contribution is 0.0926. The molecule has 1 heterocycles. The molecule has 0 aromatic heterocycles. The number of aryl methyl sites for hydroxylation is 1. The van der Waals surface area contributed by atoms with Crippen molar-refractivity contribution in [3.8, 4) is 0 Å². The third-order valence-corrected chi connectivity index (χ3v) is 4.57. The Hall–Kier alpha value is -3.73. The molecule has 3 amide bonds. The van der Waals surface area contributed by atoms with Gasteiger partial charge < -0.3 is 5.32 Å². The lowest BCUT2D eigenvalue weighted by Gasteiger charge is -2.14. The maximum absolute atomic E-state index is 13.0. The molecule has 0 fully saturated rings. The lowest BCUT2D eigenvalue weighted by Crippen LogP contribution is -2.29. The number of anilines is 2. The molecule has 0 saturated carbocycles. The normalized spacial score (nSPS) is 12.9. The van der Waals surface area contributed by atoms with E-state index < -0.39 is 11.8 Å². The monoisotopic (exact) mass is 356 g/mol. The minimum Gasteiger partial charge on any atom is -0.321 e. The fourth-order valence-electron chi connectivity index (χ4n) is 3.22. The van der Waals surface area contributed by atoms with Crippen molar-refractivity contribution in [1.82, 2.24) is 0 Å². The first-order valence-electron chi connectivity index (χ1n) is 8.52. The Morgan fingerprint density at radius 1 is 0.815 bits per heavy atom. The van der Waals surface area contributed by atoms with Crippen molar-refractivity contribution in [2.45, 2.75) is 6.92 Å². The minimum absolute atomic E-state index is 0.216. The van der Waals surface area contributed by atoms with Crippen LogP contribution >= 0.6 is 0 Å². The van der Waals surface area contributed by atoms with Gasteiger partial charge in [0.15, 0.2) is 0 Å². The molecular weight excluding hydrogens is 340 g/mol. The molecule has 4 rings (SSSR count). The number of benzene rings is 3. The molecule has 1 aliphatic heterocycles. The number of carbonyl (C=O) groups is 3. The van der Waals surface area contributed by atoms with Gasteiger partial charge in [-0.25, -0.2) is 4.90 Å². The Labute approximate surface area is 156 Å². The molecule has 3 aromatic rings. The number of amides is 3. The second-order valence-electron chi connectivity index (χ2n) is 6.28. The number of nitrogens with one attached hydrogen (secondary N) is 1. The zero-order chi connectivity index (χ0) is 19.0. The number of hydrogen-bond donors (Lipinski definition) is 1. The van der Waals surface area contributed by atoms with Crippen molar-refractivity contribution < 1.29 is 14.4 Å². The summed E-state index contributed by atoms with van der Waals surface area (Å²) in [5.74, 6) is -1.16. The van der Waals surface area contributed by atoms with Gasteiger partial charge >= 0.3 is 0 Å². The Morgan fingerprint density at radius 3 is 2.26 bits per heavy atom. The summed E-state index contributed by atoms with van der Waals surface area (Å²) in [5.41, 5.74) is 2.68. The molecule has 27 heavy (non-hydrogen) atoms. The molecule has 3 aromatic carbocycles. The van der Waals surface area contributed by atoms with E-state index in [-0.39, 0.29) is 17.0 Å². The Bertz CT molecular complexity index is 1070. The highest BCUT2D eigenvalue weighted by molar-refractivity contribution is 6.36. The molecule has 0 atom stereocenters. The van der Waals surface area contributed by atoms with Gasteiger partial charge in [-0.1, -0.05) is 42.5 Å². The van der Waals surface area contributed by atoms with Crippen molar-refractivity contribution >= 4 is 29.1 Å². The van der Waals surface area contributed by atoms with Crippen LogP contribution in [0, 0.1) is 6.92 Å². The highest BCUT2D eigenvalue weighted by atomic mass is 16.2. The SMILES string of the molecule is Cc1ccccc1C(=O)Nc1cccc2c1C(=O)N(c1ccccc1)C2=O. The fourth-order valence-corrected chi connectivity index (χ4v) is 3.22. The van der Waals surface area contributed by atoms with Gasteiger partial charge in [0.25, 0.3) is 17.7 Å². The Morgan fingerprint density at radius 2 is 1.52 bits per heavy atom. The number of hydrogen-bond acceptors (Lipinski definition) is 3. The zero-order valence-electron chi connectivity index (χ0n) is 14.6. The first kappa shape index (κ1) is 16.7. The molecule has 0 unspecified atom stereocenters. The molecule has 5 nitrogen and oxygen atoms in total. The smallest absolute Gasteiger partial charge is 0.268 e. The summed E-state index contributed by atoms with van der Waals surface area (Å²) in [6.45, 7) is 1.84. The summed E-state index contributed by atoms with van der Waals surface area (Å²) >= 11 is 0. The molecule has 5 heteroatoms. The summed E-state index contributed by atoms with van der Waals surface area (Å²) < 4.78 is 0. The van der Waals surface area contributed by atoms with Crippen molar-refractivity contribution in [1.29, 1.82) is 0 Å². The van der Waals surface area contributed by atoms with Crippen LogP contribution in [-0.4, -0.2) is 17.7 Å². The predicted octanol–water partition coefficient (Wildman–Crippen LogP) is 4.05.